The van der Waals surface area contributed by atoms with Crippen LogP contribution in [0.4, 0.5) is 0 Å². The lowest BCUT2D eigenvalue weighted by molar-refractivity contribution is -0.121. The molecule has 1 saturated carbocycles. The zero-order valence-corrected chi connectivity index (χ0v) is 13.1. The summed E-state index contributed by atoms with van der Waals surface area (Å²) in [5, 5.41) is 4.21. The molecule has 0 bridgehead atoms. The summed E-state index contributed by atoms with van der Waals surface area (Å²) in [4.78, 5) is 12.1. The van der Waals surface area contributed by atoms with Gasteiger partial charge in [0.25, 0.3) is 0 Å². The van der Waals surface area contributed by atoms with Gasteiger partial charge in [0.2, 0.25) is 5.91 Å². The first-order chi connectivity index (χ1) is 9.19. The molecule has 1 N–H and O–H groups in total. The second-order valence-corrected chi connectivity index (χ2v) is 6.19. The zero-order chi connectivity index (χ0) is 13.7. The topological polar surface area (TPSA) is 29.1 Å². The first-order valence-corrected chi connectivity index (χ1v) is 8.22. The summed E-state index contributed by atoms with van der Waals surface area (Å²) in [7, 11) is 0. The van der Waals surface area contributed by atoms with Gasteiger partial charge in [-0.25, -0.2) is 0 Å². The van der Waals surface area contributed by atoms with Crippen molar-refractivity contribution in [1.82, 2.24) is 5.32 Å². The standard InChI is InChI=1S/C16H22BrNO/c1-12-5-4-6-13(9-12)10-16(19)18-15-8-3-2-7-14(15)11-17/h4-6,9,14-15H,2-3,7-8,10-11H2,1H3,(H,18,19). The Bertz CT molecular complexity index is 433. The molecule has 0 heterocycles. The Kier molecular flexibility index (Phi) is 5.44. The van der Waals surface area contributed by atoms with Crippen LogP contribution in [-0.2, 0) is 11.2 Å². The number of halogens is 1. The highest BCUT2D eigenvalue weighted by atomic mass is 79.9. The first-order valence-electron chi connectivity index (χ1n) is 7.10. The highest BCUT2D eigenvalue weighted by Gasteiger charge is 2.25. The van der Waals surface area contributed by atoms with Crippen molar-refractivity contribution >= 4 is 21.8 Å². The summed E-state index contributed by atoms with van der Waals surface area (Å²) in [5.41, 5.74) is 2.31. The van der Waals surface area contributed by atoms with E-state index >= 15 is 0 Å². The van der Waals surface area contributed by atoms with E-state index in [2.05, 4.69) is 40.3 Å². The quantitative estimate of drug-likeness (QED) is 0.842. The van der Waals surface area contributed by atoms with Crippen molar-refractivity contribution in [3.05, 3.63) is 35.4 Å². The molecule has 104 valence electrons. The molecule has 1 aromatic rings. The SMILES string of the molecule is Cc1cccc(CC(=O)NC2CCCCC2CBr)c1. The number of carbonyl (C=O) groups is 1. The lowest BCUT2D eigenvalue weighted by Gasteiger charge is -2.31. The van der Waals surface area contributed by atoms with E-state index in [0.717, 1.165) is 17.3 Å². The smallest absolute Gasteiger partial charge is 0.224 e. The fraction of sp³-hybridized carbons (Fsp3) is 0.562. The van der Waals surface area contributed by atoms with Crippen LogP contribution in [0.5, 0.6) is 0 Å². The van der Waals surface area contributed by atoms with Gasteiger partial charge in [0.15, 0.2) is 0 Å². The van der Waals surface area contributed by atoms with Crippen molar-refractivity contribution in [2.24, 2.45) is 5.92 Å². The van der Waals surface area contributed by atoms with Crippen LogP contribution in [0.15, 0.2) is 24.3 Å². The van der Waals surface area contributed by atoms with E-state index in [1.807, 2.05) is 12.1 Å². The minimum Gasteiger partial charge on any atom is -0.353 e. The third-order valence-corrected chi connectivity index (χ3v) is 4.73. The minimum atomic E-state index is 0.156. The molecule has 3 heteroatoms. The highest BCUT2D eigenvalue weighted by molar-refractivity contribution is 9.09. The zero-order valence-electron chi connectivity index (χ0n) is 11.5. The summed E-state index contributed by atoms with van der Waals surface area (Å²) in [6.07, 6.45) is 5.36. The Hall–Kier alpha value is -0.830. The summed E-state index contributed by atoms with van der Waals surface area (Å²) in [6.45, 7) is 2.06. The van der Waals surface area contributed by atoms with Gasteiger partial charge in [0, 0.05) is 11.4 Å². The van der Waals surface area contributed by atoms with E-state index in [1.165, 1.54) is 24.8 Å². The Morgan fingerprint density at radius 3 is 2.89 bits per heavy atom. The summed E-state index contributed by atoms with van der Waals surface area (Å²) < 4.78 is 0. The Morgan fingerprint density at radius 2 is 2.16 bits per heavy atom. The fourth-order valence-corrected chi connectivity index (χ4v) is 3.62. The molecule has 0 aliphatic heterocycles. The normalized spacial score (nSPS) is 23.1. The second-order valence-electron chi connectivity index (χ2n) is 5.54. The van der Waals surface area contributed by atoms with Gasteiger partial charge in [0.05, 0.1) is 6.42 Å². The third-order valence-electron chi connectivity index (χ3n) is 3.90. The number of alkyl halides is 1. The molecule has 2 rings (SSSR count). The predicted molar refractivity (Wildman–Crippen MR) is 82.6 cm³/mol. The Balaban J connectivity index is 1.90. The van der Waals surface area contributed by atoms with Crippen LogP contribution in [0.3, 0.4) is 0 Å². The van der Waals surface area contributed by atoms with Gasteiger partial charge in [-0.2, -0.15) is 0 Å². The Morgan fingerprint density at radius 1 is 1.37 bits per heavy atom. The molecule has 0 saturated heterocycles. The molecule has 1 aliphatic carbocycles. The van der Waals surface area contributed by atoms with E-state index in [0.29, 0.717) is 18.4 Å². The number of benzene rings is 1. The van der Waals surface area contributed by atoms with Crippen molar-refractivity contribution < 1.29 is 4.79 Å². The van der Waals surface area contributed by atoms with Gasteiger partial charge < -0.3 is 5.32 Å². The van der Waals surface area contributed by atoms with Crippen molar-refractivity contribution in [1.29, 1.82) is 0 Å². The largest absolute Gasteiger partial charge is 0.353 e. The Labute approximate surface area is 124 Å². The molecule has 1 aliphatic rings. The summed E-state index contributed by atoms with van der Waals surface area (Å²) in [5.74, 6) is 0.749. The number of hydrogen-bond acceptors (Lipinski definition) is 1. The van der Waals surface area contributed by atoms with Gasteiger partial charge in [-0.1, -0.05) is 58.6 Å². The van der Waals surface area contributed by atoms with E-state index < -0.39 is 0 Å². The predicted octanol–water partition coefficient (Wildman–Crippen LogP) is 3.61. The van der Waals surface area contributed by atoms with Crippen LogP contribution in [0, 0.1) is 12.8 Å². The summed E-state index contributed by atoms with van der Waals surface area (Å²) in [6, 6.07) is 8.53. The van der Waals surface area contributed by atoms with Crippen molar-refractivity contribution in [3.8, 4) is 0 Å². The van der Waals surface area contributed by atoms with E-state index in [9.17, 15) is 4.79 Å². The maximum atomic E-state index is 12.1. The maximum absolute atomic E-state index is 12.1. The minimum absolute atomic E-state index is 0.156. The van der Waals surface area contributed by atoms with Crippen molar-refractivity contribution in [2.75, 3.05) is 5.33 Å². The van der Waals surface area contributed by atoms with Crippen molar-refractivity contribution in [2.45, 2.75) is 45.1 Å². The average molecular weight is 324 g/mol. The number of carbonyl (C=O) groups excluding carboxylic acids is 1. The summed E-state index contributed by atoms with van der Waals surface area (Å²) >= 11 is 3.57. The molecule has 0 aromatic heterocycles. The second kappa shape index (κ2) is 7.09. The molecule has 2 unspecified atom stereocenters. The number of rotatable bonds is 4. The van der Waals surface area contributed by atoms with Crippen LogP contribution in [0.1, 0.15) is 36.8 Å². The number of hydrogen-bond donors (Lipinski definition) is 1. The van der Waals surface area contributed by atoms with E-state index in [-0.39, 0.29) is 5.91 Å². The van der Waals surface area contributed by atoms with E-state index in [1.54, 1.807) is 0 Å². The first kappa shape index (κ1) is 14.6. The molecular formula is C16H22BrNO. The molecule has 19 heavy (non-hydrogen) atoms. The lowest BCUT2D eigenvalue weighted by atomic mass is 9.86. The van der Waals surface area contributed by atoms with Gasteiger partial charge in [-0.05, 0) is 31.2 Å². The third kappa shape index (κ3) is 4.34. The molecule has 1 amide bonds. The van der Waals surface area contributed by atoms with Gasteiger partial charge in [-0.3, -0.25) is 4.79 Å². The van der Waals surface area contributed by atoms with Gasteiger partial charge in [0.1, 0.15) is 0 Å². The van der Waals surface area contributed by atoms with Crippen LogP contribution >= 0.6 is 15.9 Å². The lowest BCUT2D eigenvalue weighted by Crippen LogP contribution is -2.43. The monoisotopic (exact) mass is 323 g/mol. The molecule has 2 nitrogen and oxygen atoms in total. The van der Waals surface area contributed by atoms with Gasteiger partial charge in [-0.15, -0.1) is 0 Å². The number of nitrogens with one attached hydrogen (secondary N) is 1. The van der Waals surface area contributed by atoms with Crippen LogP contribution in [0.25, 0.3) is 0 Å². The average Bonchev–Trinajstić information content (AvgIpc) is 2.39. The van der Waals surface area contributed by atoms with Crippen LogP contribution in [0.2, 0.25) is 0 Å². The van der Waals surface area contributed by atoms with E-state index in [4.69, 9.17) is 0 Å². The molecule has 1 fully saturated rings. The molecule has 0 radical (unpaired) electrons. The maximum Gasteiger partial charge on any atom is 0.224 e. The molecule has 0 spiro atoms. The molecule has 1 aromatic carbocycles. The van der Waals surface area contributed by atoms with Gasteiger partial charge >= 0.3 is 0 Å². The fourth-order valence-electron chi connectivity index (χ4n) is 2.85. The highest BCUT2D eigenvalue weighted by Crippen LogP contribution is 2.25. The molecule has 2 atom stereocenters. The van der Waals surface area contributed by atoms with Crippen LogP contribution < -0.4 is 5.32 Å². The number of amides is 1. The number of aryl methyl sites for hydroxylation is 1. The van der Waals surface area contributed by atoms with Crippen molar-refractivity contribution in [3.63, 3.8) is 0 Å². The molecular weight excluding hydrogens is 302 g/mol. The van der Waals surface area contributed by atoms with Crippen LogP contribution in [-0.4, -0.2) is 17.3 Å².